The van der Waals surface area contributed by atoms with Crippen LogP contribution in [0.5, 0.6) is 11.5 Å². The zero-order valence-corrected chi connectivity index (χ0v) is 19.2. The predicted molar refractivity (Wildman–Crippen MR) is 122 cm³/mol. The van der Waals surface area contributed by atoms with E-state index in [4.69, 9.17) is 14.2 Å². The van der Waals surface area contributed by atoms with Gasteiger partial charge in [-0.15, -0.1) is 0 Å². The summed E-state index contributed by atoms with van der Waals surface area (Å²) in [5, 5.41) is 11.2. The van der Waals surface area contributed by atoms with E-state index >= 15 is 0 Å². The Morgan fingerprint density at radius 2 is 1.71 bits per heavy atom. The van der Waals surface area contributed by atoms with Gasteiger partial charge in [-0.05, 0) is 42.0 Å². The molecule has 11 nitrogen and oxygen atoms in total. The predicted octanol–water partition coefficient (Wildman–Crippen LogP) is 2.84. The molecule has 0 radical (unpaired) electrons. The smallest absolute Gasteiger partial charge is 0.343 e. The number of nitro benzene ring substituents is 1. The Kier molecular flexibility index (Phi) is 8.12. The van der Waals surface area contributed by atoms with Crippen LogP contribution in [0.15, 0.2) is 77.7 Å². The third-order valence-corrected chi connectivity index (χ3v) is 6.02. The number of carbonyl (C=O) groups is 2. The van der Waals surface area contributed by atoms with Gasteiger partial charge in [0.25, 0.3) is 5.69 Å². The fraction of sp³-hybridized carbons (Fsp3) is 0.130. The average molecular weight is 500 g/mol. The summed E-state index contributed by atoms with van der Waals surface area (Å²) in [7, 11) is -3.11. The van der Waals surface area contributed by atoms with Crippen molar-refractivity contribution in [1.29, 1.82) is 0 Å². The van der Waals surface area contributed by atoms with Gasteiger partial charge in [-0.25, -0.2) is 13.2 Å². The van der Waals surface area contributed by atoms with Crippen LogP contribution < -0.4 is 14.2 Å². The van der Waals surface area contributed by atoms with E-state index < -0.39 is 44.0 Å². The summed E-state index contributed by atoms with van der Waals surface area (Å²) in [6.45, 7) is -1.00. The zero-order valence-electron chi connectivity index (χ0n) is 18.4. The van der Waals surface area contributed by atoms with Crippen LogP contribution in [0, 0.1) is 10.1 Å². The minimum absolute atomic E-state index is 0.102. The van der Waals surface area contributed by atoms with Crippen molar-refractivity contribution < 1.29 is 37.1 Å². The number of rotatable bonds is 10. The third kappa shape index (κ3) is 6.85. The number of methoxy groups -OCH3 is 1. The van der Waals surface area contributed by atoms with Gasteiger partial charge < -0.3 is 14.2 Å². The van der Waals surface area contributed by atoms with E-state index in [1.54, 1.807) is 42.5 Å². The maximum absolute atomic E-state index is 12.5. The second-order valence-corrected chi connectivity index (χ2v) is 8.71. The molecule has 3 rings (SSSR count). The van der Waals surface area contributed by atoms with Crippen LogP contribution in [0.1, 0.15) is 15.9 Å². The monoisotopic (exact) mass is 500 g/mol. The normalized spacial score (nSPS) is 10.9. The number of nitro groups is 1. The van der Waals surface area contributed by atoms with Crippen molar-refractivity contribution in [2.24, 2.45) is 0 Å². The van der Waals surface area contributed by atoms with Gasteiger partial charge in [0.1, 0.15) is 24.7 Å². The number of para-hydroxylation sites is 1. The van der Waals surface area contributed by atoms with Crippen molar-refractivity contribution in [2.75, 3.05) is 13.7 Å². The highest BCUT2D eigenvalue weighted by atomic mass is 32.2. The Morgan fingerprint density at radius 3 is 2.40 bits per heavy atom. The number of carbonyl (C=O) groups excluding carboxylic acids is 2. The number of sulfonamides is 1. The molecule has 0 unspecified atom stereocenters. The summed E-state index contributed by atoms with van der Waals surface area (Å²) in [5.74, 6) is -1.05. The van der Waals surface area contributed by atoms with E-state index in [2.05, 4.69) is 0 Å². The van der Waals surface area contributed by atoms with E-state index in [0.717, 1.165) is 12.1 Å². The second kappa shape index (κ2) is 11.2. The fourth-order valence-electron chi connectivity index (χ4n) is 2.88. The molecule has 1 N–H and O–H groups in total. The molecule has 12 heteroatoms. The summed E-state index contributed by atoms with van der Waals surface area (Å²) in [5.41, 5.74) is -0.00569. The van der Waals surface area contributed by atoms with Gasteiger partial charge in [0.2, 0.25) is 10.0 Å². The van der Waals surface area contributed by atoms with Gasteiger partial charge >= 0.3 is 11.9 Å². The molecule has 0 bridgehead atoms. The topological polar surface area (TPSA) is 151 Å². The first kappa shape index (κ1) is 25.3. The fourth-order valence-corrected chi connectivity index (χ4v) is 4.00. The van der Waals surface area contributed by atoms with Crippen molar-refractivity contribution in [3.63, 3.8) is 0 Å². The summed E-state index contributed by atoms with van der Waals surface area (Å²) in [4.78, 5) is 34.1. The highest BCUT2D eigenvalue weighted by Gasteiger charge is 2.27. The maximum Gasteiger partial charge on any atom is 0.343 e. The first-order valence-corrected chi connectivity index (χ1v) is 11.5. The summed E-state index contributed by atoms with van der Waals surface area (Å²) in [6.07, 6.45) is 0. The lowest BCUT2D eigenvalue weighted by atomic mass is 10.1. The lowest BCUT2D eigenvalue weighted by Gasteiger charge is -2.09. The second-order valence-electron chi connectivity index (χ2n) is 6.98. The van der Waals surface area contributed by atoms with Crippen LogP contribution in [0.25, 0.3) is 0 Å². The molecule has 0 aromatic heterocycles. The molecule has 0 heterocycles. The van der Waals surface area contributed by atoms with E-state index in [0.29, 0.717) is 11.3 Å². The highest BCUT2D eigenvalue weighted by molar-refractivity contribution is 7.89. The largest absolute Gasteiger partial charge is 0.497 e. The molecule has 182 valence electrons. The number of hydrogen-bond acceptors (Lipinski definition) is 9. The molecular weight excluding hydrogens is 480 g/mol. The molecule has 0 aliphatic carbocycles. The van der Waals surface area contributed by atoms with E-state index in [-0.39, 0.29) is 17.9 Å². The molecular formula is C23H20N2O9S. The molecule has 3 aromatic carbocycles. The zero-order chi connectivity index (χ0) is 25.4. The number of hydrogen-bond donors (Lipinski definition) is 1. The van der Waals surface area contributed by atoms with Crippen LogP contribution in [-0.4, -0.2) is 38.9 Å². The number of nitrogens with one attached hydrogen (secondary N) is 1. The molecule has 0 amide bonds. The molecule has 35 heavy (non-hydrogen) atoms. The minimum atomic E-state index is -4.40. The first-order valence-electron chi connectivity index (χ1n) is 10.0. The molecule has 0 spiro atoms. The Balaban J connectivity index is 1.59. The maximum atomic E-state index is 12.5. The van der Waals surface area contributed by atoms with Gasteiger partial charge in [0.15, 0.2) is 4.90 Å². The van der Waals surface area contributed by atoms with Crippen molar-refractivity contribution in [2.45, 2.75) is 11.5 Å². The van der Waals surface area contributed by atoms with E-state index in [9.17, 15) is 28.1 Å². The van der Waals surface area contributed by atoms with Crippen LogP contribution in [0.2, 0.25) is 0 Å². The number of benzene rings is 3. The van der Waals surface area contributed by atoms with Crippen LogP contribution in [0.4, 0.5) is 5.69 Å². The molecule has 0 atom stereocenters. The van der Waals surface area contributed by atoms with Crippen molar-refractivity contribution in [1.82, 2.24) is 4.72 Å². The number of esters is 2. The molecule has 0 fully saturated rings. The van der Waals surface area contributed by atoms with Crippen LogP contribution in [-0.2, 0) is 26.2 Å². The van der Waals surface area contributed by atoms with E-state index in [1.807, 2.05) is 4.72 Å². The van der Waals surface area contributed by atoms with Crippen molar-refractivity contribution in [3.8, 4) is 11.5 Å². The Hall–Kier alpha value is -4.29. The number of ether oxygens (including phenoxy) is 3. The molecule has 0 aliphatic rings. The Bertz CT molecular complexity index is 1340. The van der Waals surface area contributed by atoms with Gasteiger partial charge in [-0.3, -0.25) is 14.9 Å². The lowest BCUT2D eigenvalue weighted by molar-refractivity contribution is -0.387. The van der Waals surface area contributed by atoms with Gasteiger partial charge in [-0.2, -0.15) is 4.72 Å². The molecule has 0 aliphatic heterocycles. The molecule has 0 saturated carbocycles. The Labute approximate surface area is 200 Å². The van der Waals surface area contributed by atoms with Gasteiger partial charge in [0, 0.05) is 0 Å². The van der Waals surface area contributed by atoms with Crippen LogP contribution >= 0.6 is 0 Å². The van der Waals surface area contributed by atoms with Crippen molar-refractivity contribution in [3.05, 3.63) is 94.0 Å². The van der Waals surface area contributed by atoms with E-state index in [1.165, 1.54) is 25.3 Å². The molecule has 0 saturated heterocycles. The van der Waals surface area contributed by atoms with Crippen molar-refractivity contribution >= 4 is 27.6 Å². The SMILES string of the molecule is COc1ccc(S(=O)(=O)NCC(=O)OCc2cccc(C(=O)Oc3ccccc3)c2)c([N+](=O)[O-])c1. The van der Waals surface area contributed by atoms with Crippen LogP contribution in [0.3, 0.4) is 0 Å². The third-order valence-electron chi connectivity index (χ3n) is 4.58. The Morgan fingerprint density at radius 1 is 0.971 bits per heavy atom. The summed E-state index contributed by atoms with van der Waals surface area (Å²) < 4.78 is 42.1. The molecule has 3 aromatic rings. The standard InChI is InChI=1S/C23H20N2O9S/c1-32-19-10-11-21(20(13-19)25(28)29)35(30,31)24-14-22(26)33-15-16-6-5-7-17(12-16)23(27)34-18-8-3-2-4-9-18/h2-13,24H,14-15H2,1H3. The van der Waals surface area contributed by atoms with Gasteiger partial charge in [0.05, 0.1) is 23.7 Å². The minimum Gasteiger partial charge on any atom is -0.497 e. The first-order chi connectivity index (χ1) is 16.7. The summed E-state index contributed by atoms with van der Waals surface area (Å²) in [6, 6.07) is 17.9. The number of nitrogens with zero attached hydrogens (tertiary/aromatic N) is 1. The summed E-state index contributed by atoms with van der Waals surface area (Å²) >= 11 is 0. The lowest BCUT2D eigenvalue weighted by Crippen LogP contribution is -2.31. The highest BCUT2D eigenvalue weighted by Crippen LogP contribution is 2.28. The quantitative estimate of drug-likeness (QED) is 0.192. The van der Waals surface area contributed by atoms with Gasteiger partial charge in [-0.1, -0.05) is 30.3 Å². The average Bonchev–Trinajstić information content (AvgIpc) is 2.86.